The summed E-state index contributed by atoms with van der Waals surface area (Å²) in [5.74, 6) is -0.868. The standard InChI is InChI=1S/C7H8BrNO2S.C2H6/c8-6-2-1-5(12-6)4(9)3-7(10)11;1-2/h1-2,4H,3,9H2,(H,10,11);1-2H3. The Morgan fingerprint density at radius 3 is 2.57 bits per heavy atom. The predicted octanol–water partition coefficient (Wildman–Crippen LogP) is 3.01. The largest absolute Gasteiger partial charge is 0.481 e. The molecule has 0 radical (unpaired) electrons. The van der Waals surface area contributed by atoms with Crippen molar-refractivity contribution >= 4 is 33.2 Å². The molecule has 0 saturated heterocycles. The van der Waals surface area contributed by atoms with E-state index in [4.69, 9.17) is 10.8 Å². The van der Waals surface area contributed by atoms with Crippen LogP contribution in [0, 0.1) is 0 Å². The van der Waals surface area contributed by atoms with E-state index in [0.717, 1.165) is 8.66 Å². The molecule has 0 aliphatic heterocycles. The number of carbonyl (C=O) groups is 1. The molecule has 1 aromatic heterocycles. The monoisotopic (exact) mass is 279 g/mol. The molecule has 0 spiro atoms. The van der Waals surface area contributed by atoms with E-state index in [2.05, 4.69) is 15.9 Å². The molecular weight excluding hydrogens is 266 g/mol. The number of aliphatic carboxylic acids is 1. The summed E-state index contributed by atoms with van der Waals surface area (Å²) in [5.41, 5.74) is 5.62. The molecule has 1 rings (SSSR count). The molecular formula is C9H14BrNO2S. The second kappa shape index (κ2) is 6.98. The highest BCUT2D eigenvalue weighted by molar-refractivity contribution is 9.11. The predicted molar refractivity (Wildman–Crippen MR) is 62.5 cm³/mol. The Balaban J connectivity index is 0.000000791. The molecule has 0 aliphatic carbocycles. The molecule has 0 amide bonds. The van der Waals surface area contributed by atoms with Crippen molar-refractivity contribution in [3.05, 3.63) is 20.8 Å². The van der Waals surface area contributed by atoms with Crippen LogP contribution in [0.3, 0.4) is 0 Å². The van der Waals surface area contributed by atoms with E-state index in [-0.39, 0.29) is 6.42 Å². The molecule has 3 nitrogen and oxygen atoms in total. The maximum atomic E-state index is 10.3. The Labute approximate surface area is 96.1 Å². The van der Waals surface area contributed by atoms with Crippen molar-refractivity contribution < 1.29 is 9.90 Å². The van der Waals surface area contributed by atoms with E-state index in [0.29, 0.717) is 0 Å². The summed E-state index contributed by atoms with van der Waals surface area (Å²) < 4.78 is 0.971. The van der Waals surface area contributed by atoms with Crippen LogP contribution in [0.15, 0.2) is 15.9 Å². The van der Waals surface area contributed by atoms with Crippen molar-refractivity contribution in [1.82, 2.24) is 0 Å². The average Bonchev–Trinajstić information content (AvgIpc) is 2.54. The number of thiophene rings is 1. The minimum Gasteiger partial charge on any atom is -0.481 e. The Morgan fingerprint density at radius 2 is 2.21 bits per heavy atom. The third kappa shape index (κ3) is 4.74. The number of halogens is 1. The number of carboxylic acid groups (broad SMARTS) is 1. The highest BCUT2D eigenvalue weighted by Crippen LogP contribution is 2.27. The molecule has 1 heterocycles. The van der Waals surface area contributed by atoms with Crippen LogP contribution < -0.4 is 5.73 Å². The van der Waals surface area contributed by atoms with Crippen molar-refractivity contribution in [1.29, 1.82) is 0 Å². The van der Waals surface area contributed by atoms with E-state index in [1.54, 1.807) is 0 Å². The summed E-state index contributed by atoms with van der Waals surface area (Å²) in [7, 11) is 0. The maximum absolute atomic E-state index is 10.3. The SMILES string of the molecule is CC.NC(CC(=O)O)c1ccc(Br)s1. The first-order valence-corrected chi connectivity index (χ1v) is 5.93. The highest BCUT2D eigenvalue weighted by atomic mass is 79.9. The van der Waals surface area contributed by atoms with E-state index in [9.17, 15) is 4.79 Å². The van der Waals surface area contributed by atoms with Gasteiger partial charge in [0, 0.05) is 10.9 Å². The van der Waals surface area contributed by atoms with Crippen LogP contribution in [0.4, 0.5) is 0 Å². The fraction of sp³-hybridized carbons (Fsp3) is 0.444. The summed E-state index contributed by atoms with van der Waals surface area (Å²) >= 11 is 4.75. The van der Waals surface area contributed by atoms with Crippen molar-refractivity contribution in [2.75, 3.05) is 0 Å². The van der Waals surface area contributed by atoms with Gasteiger partial charge < -0.3 is 10.8 Å². The fourth-order valence-corrected chi connectivity index (χ4v) is 2.24. The van der Waals surface area contributed by atoms with Crippen LogP contribution in [0.25, 0.3) is 0 Å². The smallest absolute Gasteiger partial charge is 0.305 e. The van der Waals surface area contributed by atoms with Gasteiger partial charge in [0.1, 0.15) is 0 Å². The Kier molecular flexibility index (Phi) is 6.78. The molecule has 0 fully saturated rings. The van der Waals surface area contributed by atoms with E-state index in [1.165, 1.54) is 11.3 Å². The number of carboxylic acids is 1. The molecule has 5 heteroatoms. The Hall–Kier alpha value is -0.390. The van der Waals surface area contributed by atoms with Gasteiger partial charge in [-0.3, -0.25) is 4.79 Å². The van der Waals surface area contributed by atoms with Crippen LogP contribution in [0.1, 0.15) is 31.2 Å². The Morgan fingerprint density at radius 1 is 1.64 bits per heavy atom. The zero-order valence-corrected chi connectivity index (χ0v) is 10.6. The van der Waals surface area contributed by atoms with E-state index in [1.807, 2.05) is 26.0 Å². The summed E-state index contributed by atoms with van der Waals surface area (Å²) in [5, 5.41) is 8.46. The first-order valence-electron chi connectivity index (χ1n) is 4.32. The van der Waals surface area contributed by atoms with Gasteiger partial charge in [-0.05, 0) is 28.1 Å². The number of rotatable bonds is 3. The molecule has 80 valence electrons. The minimum atomic E-state index is -0.868. The number of hydrogen-bond acceptors (Lipinski definition) is 3. The van der Waals surface area contributed by atoms with Crippen LogP contribution in [-0.4, -0.2) is 11.1 Å². The van der Waals surface area contributed by atoms with Gasteiger partial charge in [0.25, 0.3) is 0 Å². The lowest BCUT2D eigenvalue weighted by Gasteiger charge is -2.04. The van der Waals surface area contributed by atoms with E-state index >= 15 is 0 Å². The summed E-state index contributed by atoms with van der Waals surface area (Å²) in [6.45, 7) is 4.00. The van der Waals surface area contributed by atoms with Crippen molar-refractivity contribution in [3.63, 3.8) is 0 Å². The van der Waals surface area contributed by atoms with Gasteiger partial charge in [-0.2, -0.15) is 0 Å². The molecule has 1 atom stereocenters. The van der Waals surface area contributed by atoms with Gasteiger partial charge in [0.2, 0.25) is 0 Å². The molecule has 0 saturated carbocycles. The number of hydrogen-bond donors (Lipinski definition) is 2. The first-order chi connectivity index (χ1) is 6.59. The zero-order valence-electron chi connectivity index (χ0n) is 8.16. The Bertz CT molecular complexity index is 288. The molecule has 14 heavy (non-hydrogen) atoms. The van der Waals surface area contributed by atoms with Crippen molar-refractivity contribution in [3.8, 4) is 0 Å². The molecule has 0 bridgehead atoms. The average molecular weight is 280 g/mol. The second-order valence-corrected chi connectivity index (χ2v) is 4.84. The van der Waals surface area contributed by atoms with Crippen LogP contribution in [0.5, 0.6) is 0 Å². The fourth-order valence-electron chi connectivity index (χ4n) is 0.816. The normalized spacial score (nSPS) is 11.4. The summed E-state index contributed by atoms with van der Waals surface area (Å²) in [6, 6.07) is 3.31. The first kappa shape index (κ1) is 13.6. The molecule has 1 aromatic rings. The topological polar surface area (TPSA) is 63.3 Å². The highest BCUT2D eigenvalue weighted by Gasteiger charge is 2.11. The lowest BCUT2D eigenvalue weighted by atomic mass is 10.2. The molecule has 3 N–H and O–H groups in total. The lowest BCUT2D eigenvalue weighted by Crippen LogP contribution is -2.13. The molecule has 1 unspecified atom stereocenters. The van der Waals surface area contributed by atoms with Crippen LogP contribution >= 0.6 is 27.3 Å². The molecule has 0 aromatic carbocycles. The summed E-state index contributed by atoms with van der Waals surface area (Å²) in [6.07, 6.45) is -0.0209. The maximum Gasteiger partial charge on any atom is 0.305 e. The van der Waals surface area contributed by atoms with Gasteiger partial charge in [-0.25, -0.2) is 0 Å². The minimum absolute atomic E-state index is 0.0209. The van der Waals surface area contributed by atoms with Crippen molar-refractivity contribution in [2.45, 2.75) is 26.3 Å². The zero-order chi connectivity index (χ0) is 11.1. The van der Waals surface area contributed by atoms with Gasteiger partial charge in [0.15, 0.2) is 0 Å². The van der Waals surface area contributed by atoms with E-state index < -0.39 is 12.0 Å². The lowest BCUT2D eigenvalue weighted by molar-refractivity contribution is -0.137. The quantitative estimate of drug-likeness (QED) is 0.894. The third-order valence-electron chi connectivity index (χ3n) is 1.35. The second-order valence-electron chi connectivity index (χ2n) is 2.35. The molecule has 0 aliphatic rings. The third-order valence-corrected chi connectivity index (χ3v) is 3.11. The van der Waals surface area contributed by atoms with Crippen LogP contribution in [0.2, 0.25) is 0 Å². The van der Waals surface area contributed by atoms with Gasteiger partial charge in [0.05, 0.1) is 10.2 Å². The van der Waals surface area contributed by atoms with Crippen LogP contribution in [-0.2, 0) is 4.79 Å². The van der Waals surface area contributed by atoms with Crippen molar-refractivity contribution in [2.24, 2.45) is 5.73 Å². The van der Waals surface area contributed by atoms with Gasteiger partial charge in [-0.1, -0.05) is 13.8 Å². The number of nitrogens with two attached hydrogens (primary N) is 1. The van der Waals surface area contributed by atoms with Gasteiger partial charge in [-0.15, -0.1) is 11.3 Å². The van der Waals surface area contributed by atoms with Gasteiger partial charge >= 0.3 is 5.97 Å². The summed E-state index contributed by atoms with van der Waals surface area (Å²) in [4.78, 5) is 11.2.